The van der Waals surface area contributed by atoms with E-state index in [4.69, 9.17) is 5.73 Å². The fourth-order valence-corrected chi connectivity index (χ4v) is 1.42. The van der Waals surface area contributed by atoms with Crippen molar-refractivity contribution in [3.63, 3.8) is 0 Å². The van der Waals surface area contributed by atoms with E-state index in [0.717, 1.165) is 22.9 Å². The Hall–Kier alpha value is -1.75. The predicted octanol–water partition coefficient (Wildman–Crippen LogP) is 0.738. The second-order valence-corrected chi connectivity index (χ2v) is 3.41. The summed E-state index contributed by atoms with van der Waals surface area (Å²) >= 11 is 0. The van der Waals surface area contributed by atoms with Gasteiger partial charge >= 0.3 is 0 Å². The van der Waals surface area contributed by atoms with Crippen molar-refractivity contribution in [3.8, 4) is 5.82 Å². The molecule has 0 fully saturated rings. The molecule has 2 aromatic heterocycles. The highest BCUT2D eigenvalue weighted by Gasteiger charge is 2.04. The molecule has 2 N–H and O–H groups in total. The highest BCUT2D eigenvalue weighted by atomic mass is 15.3. The third-order valence-electron chi connectivity index (χ3n) is 2.13. The molecule has 0 aliphatic rings. The van der Waals surface area contributed by atoms with Gasteiger partial charge in [-0.1, -0.05) is 0 Å². The molecular formula is C10H13N5. The molecule has 2 aromatic rings. The van der Waals surface area contributed by atoms with Crippen LogP contribution in [-0.2, 0) is 6.54 Å². The van der Waals surface area contributed by atoms with E-state index >= 15 is 0 Å². The largest absolute Gasteiger partial charge is 0.325 e. The minimum absolute atomic E-state index is 0.407. The summed E-state index contributed by atoms with van der Waals surface area (Å²) in [6, 6.07) is 2.00. The quantitative estimate of drug-likeness (QED) is 0.781. The maximum absolute atomic E-state index is 5.45. The van der Waals surface area contributed by atoms with Crippen LogP contribution in [0.2, 0.25) is 0 Å². The average molecular weight is 203 g/mol. The Balaban J connectivity index is 2.41. The van der Waals surface area contributed by atoms with Crippen LogP contribution in [0.25, 0.3) is 5.82 Å². The molecule has 0 bridgehead atoms. The minimum Gasteiger partial charge on any atom is -0.325 e. The van der Waals surface area contributed by atoms with Gasteiger partial charge in [-0.3, -0.25) is 4.98 Å². The van der Waals surface area contributed by atoms with Crippen LogP contribution >= 0.6 is 0 Å². The summed E-state index contributed by atoms with van der Waals surface area (Å²) in [5.41, 5.74) is 8.24. The number of nitrogens with zero attached hydrogens (tertiary/aromatic N) is 4. The zero-order valence-corrected chi connectivity index (χ0v) is 8.81. The second kappa shape index (κ2) is 3.78. The van der Waals surface area contributed by atoms with Crippen LogP contribution < -0.4 is 5.73 Å². The molecule has 0 saturated carbocycles. The number of nitrogens with two attached hydrogens (primary N) is 1. The van der Waals surface area contributed by atoms with Gasteiger partial charge in [0.1, 0.15) is 0 Å². The molecule has 0 aliphatic heterocycles. The van der Waals surface area contributed by atoms with E-state index in [1.54, 1.807) is 17.1 Å². The van der Waals surface area contributed by atoms with Crippen molar-refractivity contribution in [1.29, 1.82) is 0 Å². The molecule has 0 atom stereocenters. The molecule has 0 radical (unpaired) electrons. The Morgan fingerprint density at radius 2 is 2.07 bits per heavy atom. The van der Waals surface area contributed by atoms with Gasteiger partial charge in [-0.2, -0.15) is 5.10 Å². The standard InChI is InChI=1S/C10H13N5/c1-7-3-8(2)15(14-7)10-6-12-9(4-11)5-13-10/h3,5-6H,4,11H2,1-2H3. The van der Waals surface area contributed by atoms with E-state index in [0.29, 0.717) is 6.54 Å². The maximum Gasteiger partial charge on any atom is 0.172 e. The molecule has 5 nitrogen and oxygen atoms in total. The molecule has 0 aromatic carbocycles. The molecule has 78 valence electrons. The smallest absolute Gasteiger partial charge is 0.172 e. The number of hydrogen-bond donors (Lipinski definition) is 1. The number of rotatable bonds is 2. The Labute approximate surface area is 88.0 Å². The van der Waals surface area contributed by atoms with Gasteiger partial charge in [-0.15, -0.1) is 0 Å². The van der Waals surface area contributed by atoms with E-state index in [1.165, 1.54) is 0 Å². The van der Waals surface area contributed by atoms with Crippen LogP contribution in [0.3, 0.4) is 0 Å². The van der Waals surface area contributed by atoms with Gasteiger partial charge in [-0.05, 0) is 19.9 Å². The first-order valence-corrected chi connectivity index (χ1v) is 4.75. The Morgan fingerprint density at radius 3 is 2.53 bits per heavy atom. The van der Waals surface area contributed by atoms with Crippen molar-refractivity contribution in [2.75, 3.05) is 0 Å². The molecule has 2 heterocycles. The molecule has 5 heteroatoms. The summed E-state index contributed by atoms with van der Waals surface area (Å²) in [5, 5.41) is 4.32. The maximum atomic E-state index is 5.45. The van der Waals surface area contributed by atoms with Crippen molar-refractivity contribution in [2.24, 2.45) is 5.73 Å². The first-order chi connectivity index (χ1) is 7.20. The molecule has 15 heavy (non-hydrogen) atoms. The van der Waals surface area contributed by atoms with E-state index in [2.05, 4.69) is 15.1 Å². The first-order valence-electron chi connectivity index (χ1n) is 4.75. The predicted molar refractivity (Wildman–Crippen MR) is 56.5 cm³/mol. The molecular weight excluding hydrogens is 190 g/mol. The second-order valence-electron chi connectivity index (χ2n) is 3.41. The van der Waals surface area contributed by atoms with E-state index in [-0.39, 0.29) is 0 Å². The Kier molecular flexibility index (Phi) is 2.47. The summed E-state index contributed by atoms with van der Waals surface area (Å²) in [7, 11) is 0. The van der Waals surface area contributed by atoms with Crippen LogP contribution in [0.15, 0.2) is 18.5 Å². The van der Waals surface area contributed by atoms with E-state index < -0.39 is 0 Å². The Bertz CT molecular complexity index is 457. The lowest BCUT2D eigenvalue weighted by molar-refractivity contribution is 0.791. The first kappa shape index (κ1) is 9.79. The monoisotopic (exact) mass is 203 g/mol. The van der Waals surface area contributed by atoms with Crippen molar-refractivity contribution >= 4 is 0 Å². The highest BCUT2D eigenvalue weighted by Crippen LogP contribution is 2.08. The fourth-order valence-electron chi connectivity index (χ4n) is 1.42. The van der Waals surface area contributed by atoms with Crippen LogP contribution in [-0.4, -0.2) is 19.7 Å². The van der Waals surface area contributed by atoms with Crippen LogP contribution in [0.4, 0.5) is 0 Å². The van der Waals surface area contributed by atoms with Gasteiger partial charge in [0.2, 0.25) is 0 Å². The summed E-state index contributed by atoms with van der Waals surface area (Å²) in [6.45, 7) is 4.34. The van der Waals surface area contributed by atoms with Crippen molar-refractivity contribution in [3.05, 3.63) is 35.5 Å². The lowest BCUT2D eigenvalue weighted by atomic mass is 10.4. The summed E-state index contributed by atoms with van der Waals surface area (Å²) in [4.78, 5) is 8.43. The molecule has 0 aliphatic carbocycles. The number of aryl methyl sites for hydroxylation is 2. The SMILES string of the molecule is Cc1cc(C)n(-c2cnc(CN)cn2)n1. The average Bonchev–Trinajstić information content (AvgIpc) is 2.58. The van der Waals surface area contributed by atoms with Gasteiger partial charge in [0.25, 0.3) is 0 Å². The van der Waals surface area contributed by atoms with Gasteiger partial charge in [0.15, 0.2) is 5.82 Å². The van der Waals surface area contributed by atoms with Crippen LogP contribution in [0.5, 0.6) is 0 Å². The molecule has 0 unspecified atom stereocenters. The molecule has 0 saturated heterocycles. The number of aromatic nitrogens is 4. The fraction of sp³-hybridized carbons (Fsp3) is 0.300. The normalized spacial score (nSPS) is 10.6. The topological polar surface area (TPSA) is 69.6 Å². The third-order valence-corrected chi connectivity index (χ3v) is 2.13. The van der Waals surface area contributed by atoms with E-state index in [9.17, 15) is 0 Å². The van der Waals surface area contributed by atoms with Crippen molar-refractivity contribution < 1.29 is 0 Å². The number of hydrogen-bond acceptors (Lipinski definition) is 4. The van der Waals surface area contributed by atoms with Gasteiger partial charge in [0.05, 0.1) is 23.8 Å². The van der Waals surface area contributed by atoms with Crippen LogP contribution in [0.1, 0.15) is 17.1 Å². The van der Waals surface area contributed by atoms with Crippen molar-refractivity contribution in [2.45, 2.75) is 20.4 Å². The molecule has 2 rings (SSSR count). The minimum atomic E-state index is 0.407. The molecule has 0 amide bonds. The summed E-state index contributed by atoms with van der Waals surface area (Å²) < 4.78 is 1.77. The van der Waals surface area contributed by atoms with Crippen LogP contribution in [0, 0.1) is 13.8 Å². The van der Waals surface area contributed by atoms with Crippen molar-refractivity contribution in [1.82, 2.24) is 19.7 Å². The van der Waals surface area contributed by atoms with Gasteiger partial charge in [0, 0.05) is 12.2 Å². The molecule has 0 spiro atoms. The van der Waals surface area contributed by atoms with Gasteiger partial charge in [-0.25, -0.2) is 9.67 Å². The third kappa shape index (κ3) is 1.87. The summed E-state index contributed by atoms with van der Waals surface area (Å²) in [5.74, 6) is 0.720. The zero-order chi connectivity index (χ0) is 10.8. The lowest BCUT2D eigenvalue weighted by Crippen LogP contribution is -2.05. The Morgan fingerprint density at radius 1 is 1.27 bits per heavy atom. The lowest BCUT2D eigenvalue weighted by Gasteiger charge is -2.02. The summed E-state index contributed by atoms with van der Waals surface area (Å²) in [6.07, 6.45) is 3.35. The van der Waals surface area contributed by atoms with E-state index in [1.807, 2.05) is 19.9 Å². The van der Waals surface area contributed by atoms with Gasteiger partial charge < -0.3 is 5.73 Å². The zero-order valence-electron chi connectivity index (χ0n) is 8.81. The highest BCUT2D eigenvalue weighted by molar-refractivity contribution is 5.23.